The van der Waals surface area contributed by atoms with Crippen LogP contribution in [0.2, 0.25) is 10.5 Å². The van der Waals surface area contributed by atoms with Crippen molar-refractivity contribution < 1.29 is 14.0 Å². The maximum absolute atomic E-state index is 2.56. The van der Waals surface area contributed by atoms with Crippen LogP contribution >= 0.6 is 24.8 Å². The predicted molar refractivity (Wildman–Crippen MR) is 86.8 cm³/mol. The number of allylic oxidation sites excluding steroid dienone is 4. The van der Waals surface area contributed by atoms with E-state index in [1.807, 2.05) is 0 Å². The molecule has 2 rings (SSSR count). The van der Waals surface area contributed by atoms with Gasteiger partial charge in [-0.2, -0.15) is 0 Å². The maximum atomic E-state index is 2.56. The standard InChI is InChI=1S/C7H7.C5H5.2CH3.2ClH.H2Si.Ti/c1-7-5-3-2-4-6-7;1-2-4-5-3-1;;;;;;/h2-6H,1H2;1-3H,4H2;2*1H3;2*1H;1H2;. The van der Waals surface area contributed by atoms with Crippen molar-refractivity contribution in [3.8, 4) is 0 Å². The molecule has 0 bridgehead atoms. The van der Waals surface area contributed by atoms with Gasteiger partial charge in [-0.1, -0.05) is 0 Å². The van der Waals surface area contributed by atoms with Gasteiger partial charge in [0.2, 0.25) is 0 Å². The molecule has 1 aromatic carbocycles. The number of benzene rings is 1. The normalized spacial score (nSPS) is 14.5. The minimum atomic E-state index is -2.38. The summed E-state index contributed by atoms with van der Waals surface area (Å²) in [5, 5.41) is 5.11. The summed E-state index contributed by atoms with van der Waals surface area (Å²) in [6.45, 7) is 0. The molecule has 0 amide bonds. The minimum absolute atomic E-state index is 0. The van der Waals surface area contributed by atoms with E-state index in [-0.39, 0.29) is 24.8 Å². The van der Waals surface area contributed by atoms with Crippen LogP contribution < -0.4 is 0 Å². The Hall–Kier alpha value is 0.211. The Balaban J connectivity index is 0.00000144. The molecule has 0 aliphatic heterocycles. The summed E-state index contributed by atoms with van der Waals surface area (Å²) in [5.41, 5.74) is 1.51. The molecule has 0 saturated heterocycles. The number of hydrogen-bond acceptors (Lipinski definition) is 0. The van der Waals surface area contributed by atoms with Crippen LogP contribution in [0.1, 0.15) is 12.0 Å². The van der Waals surface area contributed by atoms with Crippen molar-refractivity contribution >= 4 is 32.4 Å². The van der Waals surface area contributed by atoms with E-state index in [4.69, 9.17) is 0 Å². The second kappa shape index (κ2) is 6.58. The van der Waals surface area contributed by atoms with Crippen LogP contribution in [0.4, 0.5) is 0 Å². The van der Waals surface area contributed by atoms with E-state index < -0.39 is 14.0 Å². The summed E-state index contributed by atoms with van der Waals surface area (Å²) in [4.78, 5) is 0. The summed E-state index contributed by atoms with van der Waals surface area (Å²) < 4.78 is 3.03. The van der Waals surface area contributed by atoms with E-state index >= 15 is 0 Å². The van der Waals surface area contributed by atoms with E-state index in [2.05, 4.69) is 66.6 Å². The van der Waals surface area contributed by atoms with Gasteiger partial charge in [0.25, 0.3) is 0 Å². The van der Waals surface area contributed by atoms with Crippen molar-refractivity contribution in [1.29, 1.82) is 0 Å². The number of hydrogen-bond donors (Lipinski definition) is 0. The zero-order chi connectivity index (χ0) is 11.7. The molecule has 1 aromatic rings. The predicted octanol–water partition coefficient (Wildman–Crippen LogP) is 4.21. The zero-order valence-corrected chi connectivity index (χ0v) is 15.7. The van der Waals surface area contributed by atoms with Crippen LogP contribution in [0.25, 0.3) is 0 Å². The first-order valence-corrected chi connectivity index (χ1v) is 15.0. The molecular formula is C14H22Cl2SiTi. The van der Waals surface area contributed by atoms with Gasteiger partial charge in [-0.15, -0.1) is 24.8 Å². The molecule has 4 heteroatoms. The van der Waals surface area contributed by atoms with Gasteiger partial charge in [-0.3, -0.25) is 0 Å². The van der Waals surface area contributed by atoms with E-state index in [1.165, 1.54) is 16.7 Å². The molecule has 0 nitrogen and oxygen atoms in total. The van der Waals surface area contributed by atoms with Gasteiger partial charge in [0.15, 0.2) is 0 Å². The Labute approximate surface area is 125 Å². The van der Waals surface area contributed by atoms with Crippen molar-refractivity contribution in [2.45, 2.75) is 21.6 Å². The average molecular weight is 337 g/mol. The molecule has 0 N–H and O–H groups in total. The molecule has 0 unspecified atom stereocenters. The molecule has 0 atom stereocenters. The van der Waals surface area contributed by atoms with Crippen LogP contribution in [-0.4, -0.2) is 7.63 Å². The van der Waals surface area contributed by atoms with Crippen molar-refractivity contribution in [3.05, 3.63) is 58.0 Å². The number of rotatable bonds is 3. The van der Waals surface area contributed by atoms with Crippen LogP contribution in [-0.2, 0) is 18.8 Å². The molecule has 0 spiro atoms. The third kappa shape index (κ3) is 4.40. The summed E-state index contributed by atoms with van der Waals surface area (Å²) >= 11 is -2.38. The first kappa shape index (κ1) is 18.2. The van der Waals surface area contributed by atoms with Gasteiger partial charge < -0.3 is 0 Å². The van der Waals surface area contributed by atoms with Gasteiger partial charge in [0.1, 0.15) is 0 Å². The molecule has 18 heavy (non-hydrogen) atoms. The summed E-state index contributed by atoms with van der Waals surface area (Å²) in [7, 11) is 2.31. The molecule has 0 radical (unpaired) electrons. The fourth-order valence-electron chi connectivity index (χ4n) is 2.44. The van der Waals surface area contributed by atoms with Gasteiger partial charge in [-0.25, -0.2) is 0 Å². The molecule has 0 fully saturated rings. The van der Waals surface area contributed by atoms with E-state index in [0.717, 1.165) is 0 Å². The first-order chi connectivity index (χ1) is 7.46. The summed E-state index contributed by atoms with van der Waals surface area (Å²) in [6.07, 6.45) is 8.09. The summed E-state index contributed by atoms with van der Waals surface area (Å²) in [5.74, 6) is 0. The Bertz CT molecular complexity index is 512. The van der Waals surface area contributed by atoms with Gasteiger partial charge >= 0.3 is 101 Å². The SMILES string of the molecule is Cl.Cl.[CH3][Ti]([CH3])(=[SiH2])([CH2]c1ccccc1)[C]1=CC=CC1. The molecule has 0 saturated carbocycles. The topological polar surface area (TPSA) is 0 Å². The first-order valence-electron chi connectivity index (χ1n) is 5.94. The fourth-order valence-corrected chi connectivity index (χ4v) is 9.79. The van der Waals surface area contributed by atoms with E-state index in [1.54, 1.807) is 3.88 Å². The Morgan fingerprint density at radius 3 is 2.22 bits per heavy atom. The van der Waals surface area contributed by atoms with Crippen molar-refractivity contribution in [1.82, 2.24) is 0 Å². The third-order valence-corrected chi connectivity index (χ3v) is 12.8. The van der Waals surface area contributed by atoms with Crippen LogP contribution in [0.5, 0.6) is 0 Å². The van der Waals surface area contributed by atoms with Crippen molar-refractivity contribution in [2.24, 2.45) is 0 Å². The second-order valence-corrected chi connectivity index (χ2v) is 26.3. The average Bonchev–Trinajstić information content (AvgIpc) is 2.71. The van der Waals surface area contributed by atoms with Gasteiger partial charge in [-0.05, 0) is 0 Å². The number of halogens is 2. The Morgan fingerprint density at radius 2 is 1.72 bits per heavy atom. The molecule has 100 valence electrons. The van der Waals surface area contributed by atoms with Crippen molar-refractivity contribution in [3.63, 3.8) is 0 Å². The Kier molecular flexibility index (Phi) is 6.66. The van der Waals surface area contributed by atoms with Gasteiger partial charge in [0, 0.05) is 0 Å². The zero-order valence-electron chi connectivity index (χ0n) is 11.1. The molecule has 0 aromatic heterocycles. The van der Waals surface area contributed by atoms with Crippen LogP contribution in [0, 0.1) is 0 Å². The molecule has 1 aliphatic carbocycles. The molecular weight excluding hydrogens is 315 g/mol. The van der Waals surface area contributed by atoms with Crippen LogP contribution in [0.15, 0.2) is 52.4 Å². The summed E-state index contributed by atoms with van der Waals surface area (Å²) in [6, 6.07) is 11.0. The van der Waals surface area contributed by atoms with Crippen molar-refractivity contribution in [2.75, 3.05) is 0 Å². The van der Waals surface area contributed by atoms with E-state index in [0.29, 0.717) is 0 Å². The van der Waals surface area contributed by atoms with Crippen LogP contribution in [0.3, 0.4) is 0 Å². The van der Waals surface area contributed by atoms with E-state index in [9.17, 15) is 0 Å². The third-order valence-electron chi connectivity index (χ3n) is 3.48. The fraction of sp³-hybridized carbons (Fsp3) is 0.286. The second-order valence-electron chi connectivity index (χ2n) is 6.00. The molecule has 1 aliphatic rings. The molecule has 0 heterocycles. The van der Waals surface area contributed by atoms with Gasteiger partial charge in [0.05, 0.1) is 0 Å². The quantitative estimate of drug-likeness (QED) is 0.725. The monoisotopic (exact) mass is 336 g/mol. The Morgan fingerprint density at radius 1 is 1.11 bits per heavy atom.